The minimum Gasteiger partial charge on any atom is -0.394 e. The van der Waals surface area contributed by atoms with Gasteiger partial charge in [-0.3, -0.25) is 4.79 Å². The van der Waals surface area contributed by atoms with Crippen molar-refractivity contribution in [3.63, 3.8) is 0 Å². The molecule has 0 radical (unpaired) electrons. The summed E-state index contributed by atoms with van der Waals surface area (Å²) in [5, 5.41) is 21.7. The summed E-state index contributed by atoms with van der Waals surface area (Å²) < 4.78 is 0. The van der Waals surface area contributed by atoms with Crippen molar-refractivity contribution in [2.75, 3.05) is 13.2 Å². The molecular formula is C17H27NO3. The number of rotatable bonds is 6. The summed E-state index contributed by atoms with van der Waals surface area (Å²) in [6, 6.07) is 7.44. The third-order valence-corrected chi connectivity index (χ3v) is 3.73. The van der Waals surface area contributed by atoms with E-state index in [1.54, 1.807) is 12.1 Å². The largest absolute Gasteiger partial charge is 0.394 e. The third-order valence-electron chi connectivity index (χ3n) is 3.73. The van der Waals surface area contributed by atoms with Crippen molar-refractivity contribution >= 4 is 5.91 Å². The Bertz CT molecular complexity index is 456. The average Bonchev–Trinajstić information content (AvgIpc) is 2.46. The van der Waals surface area contributed by atoms with Gasteiger partial charge in [0.1, 0.15) is 0 Å². The molecule has 1 aromatic carbocycles. The Balaban J connectivity index is 2.88. The van der Waals surface area contributed by atoms with E-state index in [-0.39, 0.29) is 24.5 Å². The molecule has 1 aromatic rings. The van der Waals surface area contributed by atoms with Crippen molar-refractivity contribution in [2.45, 2.75) is 51.5 Å². The van der Waals surface area contributed by atoms with E-state index in [1.165, 1.54) is 0 Å². The second kappa shape index (κ2) is 7.05. The second-order valence-corrected chi connectivity index (χ2v) is 6.63. The fourth-order valence-electron chi connectivity index (χ4n) is 2.26. The van der Waals surface area contributed by atoms with Gasteiger partial charge in [-0.15, -0.1) is 0 Å². The van der Waals surface area contributed by atoms with Crippen molar-refractivity contribution in [3.05, 3.63) is 35.4 Å². The summed E-state index contributed by atoms with van der Waals surface area (Å²) in [6.07, 6.45) is 1.30. The lowest BCUT2D eigenvalue weighted by molar-refractivity contribution is 0.0632. The molecule has 0 fully saturated rings. The normalized spacial score (nSPS) is 12.3. The number of nitrogens with one attached hydrogen (secondary N) is 1. The molecule has 0 saturated heterocycles. The van der Waals surface area contributed by atoms with Gasteiger partial charge in [-0.05, 0) is 29.5 Å². The van der Waals surface area contributed by atoms with E-state index in [0.717, 1.165) is 12.0 Å². The molecule has 21 heavy (non-hydrogen) atoms. The molecule has 3 N–H and O–H groups in total. The van der Waals surface area contributed by atoms with E-state index in [2.05, 4.69) is 26.1 Å². The van der Waals surface area contributed by atoms with Crippen molar-refractivity contribution in [1.29, 1.82) is 0 Å². The van der Waals surface area contributed by atoms with E-state index in [0.29, 0.717) is 12.0 Å². The lowest BCUT2D eigenvalue weighted by atomic mass is 9.86. The molecule has 0 bridgehead atoms. The van der Waals surface area contributed by atoms with Crippen LogP contribution in [-0.4, -0.2) is 34.9 Å². The second-order valence-electron chi connectivity index (χ2n) is 6.63. The number of carbonyl (C=O) groups excluding carboxylic acids is 1. The number of hydrogen-bond donors (Lipinski definition) is 3. The summed E-state index contributed by atoms with van der Waals surface area (Å²) in [5.74, 6) is -0.271. The first-order valence-electron chi connectivity index (χ1n) is 7.43. The van der Waals surface area contributed by atoms with Crippen LogP contribution in [0.15, 0.2) is 24.3 Å². The third kappa shape index (κ3) is 4.55. The number of aliphatic hydroxyl groups excluding tert-OH is 2. The zero-order valence-electron chi connectivity index (χ0n) is 13.4. The topological polar surface area (TPSA) is 69.6 Å². The molecule has 0 unspecified atom stereocenters. The van der Waals surface area contributed by atoms with E-state index < -0.39 is 5.54 Å². The Morgan fingerprint density at radius 2 is 1.62 bits per heavy atom. The Morgan fingerprint density at radius 1 is 1.10 bits per heavy atom. The maximum atomic E-state index is 12.3. The van der Waals surface area contributed by atoms with Crippen LogP contribution < -0.4 is 5.32 Å². The lowest BCUT2D eigenvalue weighted by Gasteiger charge is -2.30. The molecule has 118 valence electrons. The van der Waals surface area contributed by atoms with Crippen LogP contribution >= 0.6 is 0 Å². The molecule has 1 amide bonds. The van der Waals surface area contributed by atoms with Gasteiger partial charge in [0.15, 0.2) is 0 Å². The number of aliphatic hydroxyl groups is 2. The fourth-order valence-corrected chi connectivity index (χ4v) is 2.26. The highest BCUT2D eigenvalue weighted by Gasteiger charge is 2.30. The maximum absolute atomic E-state index is 12.3. The predicted molar refractivity (Wildman–Crippen MR) is 84.4 cm³/mol. The first kappa shape index (κ1) is 17.7. The molecule has 0 saturated carbocycles. The first-order valence-corrected chi connectivity index (χ1v) is 7.43. The van der Waals surface area contributed by atoms with Gasteiger partial charge in [-0.1, -0.05) is 46.2 Å². The number of hydrogen-bond acceptors (Lipinski definition) is 3. The van der Waals surface area contributed by atoms with Crippen LogP contribution in [-0.2, 0) is 5.41 Å². The zero-order chi connectivity index (χ0) is 16.1. The minimum atomic E-state index is -0.950. The minimum absolute atomic E-state index is 0.0389. The van der Waals surface area contributed by atoms with Gasteiger partial charge in [0, 0.05) is 5.56 Å². The predicted octanol–water partition coefficient (Wildman–Crippen LogP) is 2.24. The summed E-state index contributed by atoms with van der Waals surface area (Å²) in [7, 11) is 0. The van der Waals surface area contributed by atoms with Gasteiger partial charge < -0.3 is 15.5 Å². The molecule has 0 aliphatic heterocycles. The number of benzene rings is 1. The van der Waals surface area contributed by atoms with Crippen LogP contribution in [0.2, 0.25) is 0 Å². The SMILES string of the molecule is CCCC(CO)(CO)NC(=O)c1ccc(C(C)(C)C)cc1. The van der Waals surface area contributed by atoms with Crippen molar-refractivity contribution in [3.8, 4) is 0 Å². The quantitative estimate of drug-likeness (QED) is 0.753. The Kier molecular flexibility index (Phi) is 5.93. The zero-order valence-corrected chi connectivity index (χ0v) is 13.4. The number of carbonyl (C=O) groups is 1. The smallest absolute Gasteiger partial charge is 0.251 e. The Labute approximate surface area is 127 Å². The van der Waals surface area contributed by atoms with E-state index in [4.69, 9.17) is 0 Å². The highest BCUT2D eigenvalue weighted by Crippen LogP contribution is 2.22. The summed E-state index contributed by atoms with van der Waals surface area (Å²) >= 11 is 0. The molecule has 0 aromatic heterocycles. The lowest BCUT2D eigenvalue weighted by Crippen LogP contribution is -2.54. The van der Waals surface area contributed by atoms with Crippen LogP contribution in [0.25, 0.3) is 0 Å². The first-order chi connectivity index (χ1) is 9.78. The van der Waals surface area contributed by atoms with Gasteiger partial charge >= 0.3 is 0 Å². The molecule has 4 nitrogen and oxygen atoms in total. The van der Waals surface area contributed by atoms with Crippen molar-refractivity contribution in [1.82, 2.24) is 5.32 Å². The molecule has 0 heterocycles. The molecule has 0 aliphatic carbocycles. The van der Waals surface area contributed by atoms with Gasteiger partial charge in [-0.2, -0.15) is 0 Å². The van der Waals surface area contributed by atoms with Crippen molar-refractivity contribution < 1.29 is 15.0 Å². The number of amides is 1. The van der Waals surface area contributed by atoms with Crippen LogP contribution in [0.5, 0.6) is 0 Å². The molecule has 0 aliphatic rings. The van der Waals surface area contributed by atoms with E-state index >= 15 is 0 Å². The highest BCUT2D eigenvalue weighted by atomic mass is 16.3. The van der Waals surface area contributed by atoms with Gasteiger partial charge in [0.25, 0.3) is 5.91 Å². The van der Waals surface area contributed by atoms with Crippen LogP contribution in [0.3, 0.4) is 0 Å². The van der Waals surface area contributed by atoms with E-state index in [1.807, 2.05) is 19.1 Å². The van der Waals surface area contributed by atoms with Gasteiger partial charge in [0.2, 0.25) is 0 Å². The van der Waals surface area contributed by atoms with E-state index in [9.17, 15) is 15.0 Å². The molecule has 0 spiro atoms. The van der Waals surface area contributed by atoms with Crippen LogP contribution in [0, 0.1) is 0 Å². The average molecular weight is 293 g/mol. The Hall–Kier alpha value is -1.39. The van der Waals surface area contributed by atoms with Crippen LogP contribution in [0.4, 0.5) is 0 Å². The van der Waals surface area contributed by atoms with Gasteiger partial charge in [0.05, 0.1) is 18.8 Å². The highest BCUT2D eigenvalue weighted by molar-refractivity contribution is 5.94. The summed E-state index contributed by atoms with van der Waals surface area (Å²) in [5.41, 5.74) is 0.777. The Morgan fingerprint density at radius 3 is 2.00 bits per heavy atom. The fraction of sp³-hybridized carbons (Fsp3) is 0.588. The molecule has 0 atom stereocenters. The monoisotopic (exact) mass is 293 g/mol. The van der Waals surface area contributed by atoms with Gasteiger partial charge in [-0.25, -0.2) is 0 Å². The van der Waals surface area contributed by atoms with Crippen molar-refractivity contribution in [2.24, 2.45) is 0 Å². The molecule has 1 rings (SSSR count). The standard InChI is InChI=1S/C17H27NO3/c1-5-10-17(11-19,12-20)18-15(21)13-6-8-14(9-7-13)16(2,3)4/h6-9,19-20H,5,10-12H2,1-4H3,(H,18,21). The molecular weight excluding hydrogens is 266 g/mol. The maximum Gasteiger partial charge on any atom is 0.251 e. The molecule has 4 heteroatoms. The summed E-state index contributed by atoms with van der Waals surface area (Å²) in [4.78, 5) is 12.3. The van der Waals surface area contributed by atoms with Crippen LogP contribution in [0.1, 0.15) is 56.5 Å². The summed E-state index contributed by atoms with van der Waals surface area (Å²) in [6.45, 7) is 7.75.